The summed E-state index contributed by atoms with van der Waals surface area (Å²) in [5.74, 6) is -0.380. The summed E-state index contributed by atoms with van der Waals surface area (Å²) in [6.07, 6.45) is 0.821. The van der Waals surface area contributed by atoms with E-state index in [-0.39, 0.29) is 11.4 Å². The van der Waals surface area contributed by atoms with Crippen LogP contribution in [-0.4, -0.2) is 38.1 Å². The van der Waals surface area contributed by atoms with Crippen molar-refractivity contribution in [3.8, 4) is 11.6 Å². The first-order chi connectivity index (χ1) is 14.5. The highest BCUT2D eigenvalue weighted by molar-refractivity contribution is 6.30. The number of nitrogens with one attached hydrogen (secondary N) is 2. The number of hydrogen-bond donors (Lipinski definition) is 3. The first-order valence-corrected chi connectivity index (χ1v) is 9.97. The van der Waals surface area contributed by atoms with Crippen LogP contribution in [0.25, 0.3) is 16.6 Å². The number of hydrogen-bond acceptors (Lipinski definition) is 4. The van der Waals surface area contributed by atoms with Gasteiger partial charge in [0.1, 0.15) is 5.56 Å². The Kier molecular flexibility index (Phi) is 4.30. The van der Waals surface area contributed by atoms with Gasteiger partial charge in [-0.25, -0.2) is 9.36 Å². The molecule has 0 saturated carbocycles. The lowest BCUT2D eigenvalue weighted by Crippen LogP contribution is -2.39. The molecule has 4 aromatic rings. The zero-order valence-electron chi connectivity index (χ0n) is 16.1. The Labute approximate surface area is 176 Å². The molecular formula is C22H19ClN4O3. The molecule has 1 unspecified atom stereocenters. The van der Waals surface area contributed by atoms with Crippen molar-refractivity contribution in [3.63, 3.8) is 0 Å². The van der Waals surface area contributed by atoms with E-state index in [0.717, 1.165) is 33.1 Å². The largest absolute Gasteiger partial charge is 0.494 e. The number of para-hydroxylation sites is 1. The quantitative estimate of drug-likeness (QED) is 0.463. The Hall–Kier alpha value is -3.29. The number of rotatable bonds is 2. The molecule has 3 N–H and O–H groups in total. The predicted molar refractivity (Wildman–Crippen MR) is 116 cm³/mol. The third-order valence-corrected chi connectivity index (χ3v) is 6.01. The molecule has 152 valence electrons. The van der Waals surface area contributed by atoms with E-state index in [2.05, 4.69) is 9.97 Å². The fourth-order valence-corrected chi connectivity index (χ4v) is 4.47. The van der Waals surface area contributed by atoms with Gasteiger partial charge < -0.3 is 10.1 Å². The van der Waals surface area contributed by atoms with Crippen LogP contribution >= 0.6 is 11.6 Å². The SMILES string of the molecule is CN1CCc2c([nH]c3ccccc23)C1c1c(O)n(-c2ccc(Cl)cc2)c(=O)[nH]c1=O. The molecule has 0 bridgehead atoms. The zero-order chi connectivity index (χ0) is 21.0. The van der Waals surface area contributed by atoms with E-state index in [1.807, 2.05) is 36.2 Å². The molecule has 0 saturated heterocycles. The van der Waals surface area contributed by atoms with Crippen molar-refractivity contribution in [3.05, 3.63) is 91.2 Å². The summed E-state index contributed by atoms with van der Waals surface area (Å²) in [4.78, 5) is 33.2. The van der Waals surface area contributed by atoms with Crippen LogP contribution in [-0.2, 0) is 6.42 Å². The number of nitrogens with zero attached hydrogens (tertiary/aromatic N) is 2. The van der Waals surface area contributed by atoms with E-state index in [4.69, 9.17) is 11.6 Å². The molecular weight excluding hydrogens is 404 g/mol. The molecule has 1 atom stereocenters. The van der Waals surface area contributed by atoms with Crippen LogP contribution in [0.5, 0.6) is 5.88 Å². The summed E-state index contributed by atoms with van der Waals surface area (Å²) in [6.45, 7) is 0.707. The highest BCUT2D eigenvalue weighted by Gasteiger charge is 2.34. The van der Waals surface area contributed by atoms with Crippen molar-refractivity contribution in [2.24, 2.45) is 0 Å². The zero-order valence-corrected chi connectivity index (χ0v) is 16.9. The lowest BCUT2D eigenvalue weighted by atomic mass is 9.94. The van der Waals surface area contributed by atoms with Gasteiger partial charge in [0, 0.05) is 28.2 Å². The summed E-state index contributed by atoms with van der Waals surface area (Å²) in [7, 11) is 1.90. The second kappa shape index (κ2) is 6.90. The van der Waals surface area contributed by atoms with Crippen LogP contribution in [0.15, 0.2) is 58.1 Å². The van der Waals surface area contributed by atoms with Crippen molar-refractivity contribution < 1.29 is 5.11 Å². The number of benzene rings is 2. The molecule has 1 aliphatic heterocycles. The van der Waals surface area contributed by atoms with Gasteiger partial charge in [-0.15, -0.1) is 0 Å². The van der Waals surface area contributed by atoms with Crippen molar-refractivity contribution >= 4 is 22.5 Å². The van der Waals surface area contributed by atoms with E-state index >= 15 is 0 Å². The Morgan fingerprint density at radius 2 is 1.80 bits per heavy atom. The molecule has 0 radical (unpaired) electrons. The van der Waals surface area contributed by atoms with Crippen LogP contribution in [0, 0.1) is 0 Å². The van der Waals surface area contributed by atoms with Crippen molar-refractivity contribution in [1.82, 2.24) is 19.4 Å². The minimum Gasteiger partial charge on any atom is -0.494 e. The first-order valence-electron chi connectivity index (χ1n) is 9.59. The normalized spacial score (nSPS) is 16.7. The number of aromatic hydroxyl groups is 1. The molecule has 3 heterocycles. The Morgan fingerprint density at radius 3 is 2.57 bits per heavy atom. The third-order valence-electron chi connectivity index (χ3n) is 5.75. The lowest BCUT2D eigenvalue weighted by molar-refractivity contribution is 0.252. The summed E-state index contributed by atoms with van der Waals surface area (Å²) < 4.78 is 1.10. The number of H-pyrrole nitrogens is 2. The number of likely N-dealkylation sites (N-methyl/N-ethyl adjacent to an activating group) is 1. The number of aromatic nitrogens is 3. The molecule has 2 aromatic carbocycles. The van der Waals surface area contributed by atoms with Gasteiger partial charge in [0.25, 0.3) is 5.56 Å². The van der Waals surface area contributed by atoms with Crippen LogP contribution in [0.2, 0.25) is 5.02 Å². The predicted octanol–water partition coefficient (Wildman–Crippen LogP) is 2.94. The fraction of sp³-hybridized carbons (Fsp3) is 0.182. The van der Waals surface area contributed by atoms with E-state index in [1.54, 1.807) is 24.3 Å². The molecule has 30 heavy (non-hydrogen) atoms. The average Bonchev–Trinajstić information content (AvgIpc) is 3.09. The molecule has 5 rings (SSSR count). The van der Waals surface area contributed by atoms with Gasteiger partial charge in [0.2, 0.25) is 5.88 Å². The molecule has 0 amide bonds. The van der Waals surface area contributed by atoms with Gasteiger partial charge >= 0.3 is 5.69 Å². The number of fused-ring (bicyclic) bond motifs is 3. The maximum absolute atomic E-state index is 12.9. The monoisotopic (exact) mass is 422 g/mol. The minimum atomic E-state index is -0.709. The number of aromatic amines is 2. The van der Waals surface area contributed by atoms with E-state index in [1.165, 1.54) is 0 Å². The minimum absolute atomic E-state index is 0.125. The smallest absolute Gasteiger partial charge is 0.335 e. The van der Waals surface area contributed by atoms with Crippen molar-refractivity contribution in [1.29, 1.82) is 0 Å². The molecule has 8 heteroatoms. The Bertz CT molecular complexity index is 1380. The van der Waals surface area contributed by atoms with Crippen molar-refractivity contribution in [2.75, 3.05) is 13.6 Å². The van der Waals surface area contributed by atoms with Gasteiger partial charge in [-0.3, -0.25) is 14.7 Å². The average molecular weight is 423 g/mol. The van der Waals surface area contributed by atoms with Crippen LogP contribution in [0.1, 0.15) is 22.9 Å². The van der Waals surface area contributed by atoms with Gasteiger partial charge in [0.05, 0.1) is 11.7 Å². The van der Waals surface area contributed by atoms with Gasteiger partial charge in [-0.05, 0) is 49.4 Å². The van der Waals surface area contributed by atoms with Gasteiger partial charge in [-0.1, -0.05) is 29.8 Å². The summed E-state index contributed by atoms with van der Waals surface area (Å²) in [5, 5.41) is 12.7. The second-order valence-corrected chi connectivity index (χ2v) is 7.94. The molecule has 0 fully saturated rings. The molecule has 7 nitrogen and oxygen atoms in total. The third kappa shape index (κ3) is 2.78. The Balaban J connectivity index is 1.77. The lowest BCUT2D eigenvalue weighted by Gasteiger charge is -2.33. The van der Waals surface area contributed by atoms with Crippen molar-refractivity contribution in [2.45, 2.75) is 12.5 Å². The van der Waals surface area contributed by atoms with E-state index in [9.17, 15) is 14.7 Å². The van der Waals surface area contributed by atoms with Crippen LogP contribution in [0.3, 0.4) is 0 Å². The maximum Gasteiger partial charge on any atom is 0.335 e. The maximum atomic E-state index is 12.9. The highest BCUT2D eigenvalue weighted by atomic mass is 35.5. The fourth-order valence-electron chi connectivity index (χ4n) is 4.34. The Morgan fingerprint density at radius 1 is 1.07 bits per heavy atom. The highest BCUT2D eigenvalue weighted by Crippen LogP contribution is 2.39. The molecule has 0 aliphatic carbocycles. The van der Waals surface area contributed by atoms with Gasteiger partial charge in [-0.2, -0.15) is 0 Å². The van der Waals surface area contributed by atoms with E-state index < -0.39 is 17.3 Å². The van der Waals surface area contributed by atoms with Gasteiger partial charge in [0.15, 0.2) is 0 Å². The topological polar surface area (TPSA) is 94.1 Å². The molecule has 0 spiro atoms. The first kappa shape index (κ1) is 18.7. The standard InChI is InChI=1S/C22H19ClN4O3/c1-26-11-10-15-14-4-2-3-5-16(14)24-18(15)19(26)17-20(28)25-22(30)27(21(17)29)13-8-6-12(23)7-9-13/h2-9,19,24,29H,10-11H2,1H3,(H,25,28,30). The summed E-state index contributed by atoms with van der Waals surface area (Å²) in [6, 6.07) is 13.9. The van der Waals surface area contributed by atoms with Crippen LogP contribution < -0.4 is 11.2 Å². The number of halogens is 1. The second-order valence-electron chi connectivity index (χ2n) is 7.50. The summed E-state index contributed by atoms with van der Waals surface area (Å²) >= 11 is 5.95. The van der Waals surface area contributed by atoms with Crippen LogP contribution in [0.4, 0.5) is 0 Å². The molecule has 2 aromatic heterocycles. The summed E-state index contributed by atoms with van der Waals surface area (Å²) in [5.41, 5.74) is 2.17. The molecule has 1 aliphatic rings. The van der Waals surface area contributed by atoms with E-state index in [0.29, 0.717) is 17.3 Å².